The summed E-state index contributed by atoms with van der Waals surface area (Å²) in [5.74, 6) is 7.68. The van der Waals surface area contributed by atoms with Crippen LogP contribution in [0.15, 0.2) is 9.55 Å². The van der Waals surface area contributed by atoms with Gasteiger partial charge in [-0.3, -0.25) is 0 Å². The van der Waals surface area contributed by atoms with E-state index in [1.807, 2.05) is 13.2 Å². The molecule has 3 aromatic heterocycles. The second-order valence-corrected chi connectivity index (χ2v) is 15.4. The van der Waals surface area contributed by atoms with Crippen LogP contribution < -0.4 is 5.32 Å². The highest BCUT2D eigenvalue weighted by atomic mass is 32.2. The van der Waals surface area contributed by atoms with Gasteiger partial charge >= 0.3 is 0 Å². The van der Waals surface area contributed by atoms with Gasteiger partial charge in [0.05, 0.1) is 41.7 Å². The number of thioether (sulfide) groups is 1. The number of likely N-dealkylation sites (tertiary alicyclic amines) is 1. The molecule has 6 heterocycles. The highest BCUT2D eigenvalue weighted by Crippen LogP contribution is 2.57. The smallest absolute Gasteiger partial charge is 0.185 e. The molecule has 4 fully saturated rings. The van der Waals surface area contributed by atoms with Gasteiger partial charge in [0.25, 0.3) is 0 Å². The van der Waals surface area contributed by atoms with Crippen molar-refractivity contribution in [2.45, 2.75) is 124 Å². The lowest BCUT2D eigenvalue weighted by Gasteiger charge is -2.50. The molecule has 0 bridgehead atoms. The van der Waals surface area contributed by atoms with E-state index in [9.17, 15) is 5.11 Å². The number of ether oxygens (including phenoxy) is 2. The molecule has 1 saturated carbocycles. The first-order chi connectivity index (χ1) is 22.7. The zero-order valence-electron chi connectivity index (χ0n) is 28.1. The third-order valence-electron chi connectivity index (χ3n) is 11.6. The maximum atomic E-state index is 10.4. The molecular weight excluding hydrogens is 614 g/mol. The van der Waals surface area contributed by atoms with Crippen molar-refractivity contribution in [3.05, 3.63) is 17.0 Å². The number of aliphatic hydroxyl groups is 1. The standard InChI is InChI=1S/C35H47N7O4S/c1-22(26-10-8-18-41(26)3)42-31-27(25(39-42)12-11-23-13-17-33(2,43)21-36-23)32(47-4)38-30(37-31)28-24-9-7-15-34(29(24)46-40-28)14-5-6-16-35(34)44-19-20-45-35/h22-23,26,36,43H,5-10,13-21H2,1-4H3/t22-,23-,26-,33+,34-/m0/s1. The van der Waals surface area contributed by atoms with Gasteiger partial charge in [-0.05, 0) is 97.4 Å². The lowest BCUT2D eigenvalue weighted by molar-refractivity contribution is -0.235. The minimum absolute atomic E-state index is 0.00313. The van der Waals surface area contributed by atoms with Crippen molar-refractivity contribution in [3.8, 4) is 23.4 Å². The first-order valence-corrected chi connectivity index (χ1v) is 18.8. The number of nitrogens with one attached hydrogen (secondary N) is 1. The van der Waals surface area contributed by atoms with Crippen molar-refractivity contribution in [3.63, 3.8) is 0 Å². The van der Waals surface area contributed by atoms with Crippen LogP contribution in [0.3, 0.4) is 0 Å². The van der Waals surface area contributed by atoms with Gasteiger partial charge < -0.3 is 29.3 Å². The van der Waals surface area contributed by atoms with Gasteiger partial charge in [0.1, 0.15) is 10.7 Å². The number of hydrogen-bond donors (Lipinski definition) is 2. The minimum Gasteiger partial charge on any atom is -0.389 e. The number of likely N-dealkylation sites (N-methyl/N-ethyl adjacent to an activating group) is 1. The van der Waals surface area contributed by atoms with Crippen LogP contribution in [0.25, 0.3) is 22.6 Å². The molecule has 5 atom stereocenters. The summed E-state index contributed by atoms with van der Waals surface area (Å²) in [5.41, 5.74) is 2.27. The van der Waals surface area contributed by atoms with Crippen molar-refractivity contribution in [1.82, 2.24) is 35.1 Å². The molecule has 2 aliphatic carbocycles. The molecule has 5 aliphatic rings. The lowest BCUT2D eigenvalue weighted by Crippen LogP contribution is -2.56. The number of β-amino-alcohol motifs (C(OH)–C–C–N with tert-alkyl or cyclic N) is 1. The SMILES string of the molecule is CSc1nc(-c2noc3c2CCC[C@@]32CCCCC23OCCO3)nc2c1c(C#C[C@H]1CC[C@@](C)(O)CN1)nn2[C@@H](C)[C@@H]1CCCN1C. The fourth-order valence-electron chi connectivity index (χ4n) is 9.07. The summed E-state index contributed by atoms with van der Waals surface area (Å²) in [4.78, 5) is 12.8. The van der Waals surface area contributed by atoms with E-state index in [1.165, 1.54) is 6.42 Å². The second kappa shape index (κ2) is 12.1. The summed E-state index contributed by atoms with van der Waals surface area (Å²) in [6, 6.07) is 0.441. The fraction of sp³-hybridized carbons (Fsp3) is 0.714. The van der Waals surface area contributed by atoms with Crippen LogP contribution in [0.4, 0.5) is 0 Å². The average molecular weight is 662 g/mol. The number of nitrogens with zero attached hydrogens (tertiary/aromatic N) is 6. The molecule has 11 nitrogen and oxygen atoms in total. The summed E-state index contributed by atoms with van der Waals surface area (Å²) in [6.07, 6.45) is 12.8. The van der Waals surface area contributed by atoms with Crippen LogP contribution in [0.5, 0.6) is 0 Å². The van der Waals surface area contributed by atoms with Crippen LogP contribution in [-0.4, -0.2) is 98.0 Å². The average Bonchev–Trinajstić information content (AvgIpc) is 3.88. The third kappa shape index (κ3) is 5.24. The molecule has 0 unspecified atom stereocenters. The Balaban J connectivity index is 1.24. The summed E-state index contributed by atoms with van der Waals surface area (Å²) >= 11 is 1.59. The van der Waals surface area contributed by atoms with Gasteiger partial charge in [-0.25, -0.2) is 14.6 Å². The van der Waals surface area contributed by atoms with Gasteiger partial charge in [-0.1, -0.05) is 17.5 Å². The first-order valence-electron chi connectivity index (χ1n) is 17.5. The van der Waals surface area contributed by atoms with Crippen molar-refractivity contribution in [1.29, 1.82) is 0 Å². The van der Waals surface area contributed by atoms with E-state index < -0.39 is 11.4 Å². The van der Waals surface area contributed by atoms with Crippen molar-refractivity contribution >= 4 is 22.8 Å². The van der Waals surface area contributed by atoms with Crippen LogP contribution >= 0.6 is 11.8 Å². The summed E-state index contributed by atoms with van der Waals surface area (Å²) in [6.45, 7) is 6.96. The fourth-order valence-corrected chi connectivity index (χ4v) is 9.64. The third-order valence-corrected chi connectivity index (χ3v) is 12.3. The monoisotopic (exact) mass is 661 g/mol. The Bertz CT molecular complexity index is 1710. The number of piperidine rings is 1. The quantitative estimate of drug-likeness (QED) is 0.232. The minimum atomic E-state index is -0.694. The Kier molecular flexibility index (Phi) is 8.17. The maximum Gasteiger partial charge on any atom is 0.185 e. The highest BCUT2D eigenvalue weighted by molar-refractivity contribution is 7.98. The van der Waals surface area contributed by atoms with Gasteiger partial charge in [-0.2, -0.15) is 5.10 Å². The molecular formula is C35H47N7O4S. The van der Waals surface area contributed by atoms with Crippen LogP contribution in [0.1, 0.15) is 101 Å². The molecule has 12 heteroatoms. The molecule has 0 amide bonds. The zero-order valence-corrected chi connectivity index (χ0v) is 28.9. The molecule has 2 spiro atoms. The molecule has 0 aromatic carbocycles. The Hall–Kier alpha value is -2.53. The molecule has 3 aliphatic heterocycles. The largest absolute Gasteiger partial charge is 0.389 e. The summed E-state index contributed by atoms with van der Waals surface area (Å²) < 4.78 is 21.3. The van der Waals surface area contributed by atoms with Crippen molar-refractivity contribution in [2.24, 2.45) is 0 Å². The normalized spacial score (nSPS) is 31.3. The number of fused-ring (bicyclic) bond motifs is 4. The Labute approximate surface area is 280 Å². The predicted octanol–water partition coefficient (Wildman–Crippen LogP) is 4.60. The van der Waals surface area contributed by atoms with E-state index in [-0.39, 0.29) is 17.5 Å². The lowest BCUT2D eigenvalue weighted by atomic mass is 9.61. The van der Waals surface area contributed by atoms with Crippen LogP contribution in [0, 0.1) is 11.8 Å². The summed E-state index contributed by atoms with van der Waals surface area (Å²) in [7, 11) is 2.20. The molecule has 3 aromatic rings. The van der Waals surface area contributed by atoms with E-state index in [0.29, 0.717) is 43.7 Å². The topological polar surface area (TPSA) is 124 Å². The molecule has 0 radical (unpaired) electrons. The number of rotatable bonds is 4. The second-order valence-electron chi connectivity index (χ2n) is 14.6. The van der Waals surface area contributed by atoms with Gasteiger partial charge in [-0.15, -0.1) is 11.8 Å². The Morgan fingerprint density at radius 3 is 2.62 bits per heavy atom. The first kappa shape index (κ1) is 31.7. The maximum absolute atomic E-state index is 10.4. The van der Waals surface area contributed by atoms with Gasteiger partial charge in [0.15, 0.2) is 28.7 Å². The van der Waals surface area contributed by atoms with Crippen molar-refractivity contribution < 1.29 is 19.1 Å². The van der Waals surface area contributed by atoms with E-state index >= 15 is 0 Å². The molecule has 2 N–H and O–H groups in total. The van der Waals surface area contributed by atoms with E-state index in [1.54, 1.807) is 11.8 Å². The van der Waals surface area contributed by atoms with Crippen molar-refractivity contribution in [2.75, 3.05) is 39.6 Å². The molecule has 8 rings (SSSR count). The highest BCUT2D eigenvalue weighted by Gasteiger charge is 2.61. The van der Waals surface area contributed by atoms with Gasteiger partial charge in [0.2, 0.25) is 0 Å². The Morgan fingerprint density at radius 2 is 1.87 bits per heavy atom. The molecule has 252 valence electrons. The zero-order chi connectivity index (χ0) is 32.4. The molecule has 47 heavy (non-hydrogen) atoms. The van der Waals surface area contributed by atoms with E-state index in [4.69, 9.17) is 34.2 Å². The Morgan fingerprint density at radius 1 is 1.06 bits per heavy atom. The van der Waals surface area contributed by atoms with E-state index in [2.05, 4.69) is 40.7 Å². The van der Waals surface area contributed by atoms with Crippen LogP contribution in [0.2, 0.25) is 0 Å². The molecule has 3 saturated heterocycles. The predicted molar refractivity (Wildman–Crippen MR) is 179 cm³/mol. The summed E-state index contributed by atoms with van der Waals surface area (Å²) in [5, 5.41) is 25.4. The van der Waals surface area contributed by atoms with Crippen LogP contribution in [-0.2, 0) is 21.3 Å². The number of hydrogen-bond acceptors (Lipinski definition) is 11. The van der Waals surface area contributed by atoms with E-state index in [0.717, 1.165) is 97.4 Å². The van der Waals surface area contributed by atoms with Gasteiger partial charge in [0, 0.05) is 24.6 Å². The number of aromatic nitrogens is 5.